The van der Waals surface area contributed by atoms with E-state index < -0.39 is 0 Å². The van der Waals surface area contributed by atoms with E-state index in [1.807, 2.05) is 12.2 Å². The first kappa shape index (κ1) is 10.9. The van der Waals surface area contributed by atoms with Crippen LogP contribution in [0.1, 0.15) is 12.8 Å². The molecule has 0 amide bonds. The van der Waals surface area contributed by atoms with Crippen molar-refractivity contribution in [1.82, 2.24) is 4.90 Å². The highest BCUT2D eigenvalue weighted by atomic mass is 16.1. The number of piperidine rings is 1. The Morgan fingerprint density at radius 3 is 2.86 bits per heavy atom. The van der Waals surface area contributed by atoms with Crippen LogP contribution in [0.15, 0.2) is 37.0 Å². The van der Waals surface area contributed by atoms with Crippen LogP contribution in [-0.4, -0.2) is 30.3 Å². The van der Waals surface area contributed by atoms with E-state index in [0.717, 1.165) is 31.5 Å². The lowest BCUT2D eigenvalue weighted by Gasteiger charge is -2.25. The molecule has 14 heavy (non-hydrogen) atoms. The standard InChI is InChI=1S/C12H17NO/c1-3-6-11(4-2)9-13-8-5-7-12(14)10-13/h3-4,6H,1-2,5,7-10H2/b11-6+. The lowest BCUT2D eigenvalue weighted by Crippen LogP contribution is -2.36. The highest BCUT2D eigenvalue weighted by Crippen LogP contribution is 2.08. The van der Waals surface area contributed by atoms with Crippen LogP contribution >= 0.6 is 0 Å². The summed E-state index contributed by atoms with van der Waals surface area (Å²) in [6, 6.07) is 0. The number of hydrogen-bond donors (Lipinski definition) is 0. The highest BCUT2D eigenvalue weighted by Gasteiger charge is 2.16. The van der Waals surface area contributed by atoms with Crippen molar-refractivity contribution in [2.45, 2.75) is 12.8 Å². The Balaban J connectivity index is 2.49. The van der Waals surface area contributed by atoms with Gasteiger partial charge in [0.1, 0.15) is 5.78 Å². The van der Waals surface area contributed by atoms with Crippen molar-refractivity contribution < 1.29 is 4.79 Å². The molecule has 0 unspecified atom stereocenters. The minimum atomic E-state index is 0.346. The van der Waals surface area contributed by atoms with Gasteiger partial charge in [-0.05, 0) is 18.5 Å². The Bertz CT molecular complexity index is 265. The largest absolute Gasteiger partial charge is 0.298 e. The van der Waals surface area contributed by atoms with Crippen LogP contribution in [0.4, 0.5) is 0 Å². The molecule has 0 aliphatic carbocycles. The fourth-order valence-electron chi connectivity index (χ4n) is 1.64. The molecule has 0 aromatic carbocycles. The van der Waals surface area contributed by atoms with Gasteiger partial charge in [-0.15, -0.1) is 0 Å². The number of likely N-dealkylation sites (tertiary alicyclic amines) is 1. The number of hydrogen-bond acceptors (Lipinski definition) is 2. The van der Waals surface area contributed by atoms with Crippen molar-refractivity contribution in [3.05, 3.63) is 37.0 Å². The number of rotatable bonds is 4. The molecule has 1 saturated heterocycles. The van der Waals surface area contributed by atoms with E-state index in [0.29, 0.717) is 12.3 Å². The van der Waals surface area contributed by atoms with Gasteiger partial charge in [-0.1, -0.05) is 31.4 Å². The van der Waals surface area contributed by atoms with Gasteiger partial charge in [0, 0.05) is 13.0 Å². The molecule has 0 radical (unpaired) electrons. The van der Waals surface area contributed by atoms with Crippen LogP contribution in [0.2, 0.25) is 0 Å². The fourth-order valence-corrected chi connectivity index (χ4v) is 1.64. The average molecular weight is 191 g/mol. The highest BCUT2D eigenvalue weighted by molar-refractivity contribution is 5.81. The third kappa shape index (κ3) is 3.30. The maximum Gasteiger partial charge on any atom is 0.146 e. The number of carbonyl (C=O) groups excluding carboxylic acids is 1. The summed E-state index contributed by atoms with van der Waals surface area (Å²) >= 11 is 0. The van der Waals surface area contributed by atoms with Crippen molar-refractivity contribution in [3.63, 3.8) is 0 Å². The van der Waals surface area contributed by atoms with Gasteiger partial charge in [0.25, 0.3) is 0 Å². The molecule has 0 N–H and O–H groups in total. The second kappa shape index (κ2) is 5.55. The van der Waals surface area contributed by atoms with Gasteiger partial charge in [0.05, 0.1) is 6.54 Å². The molecule has 1 heterocycles. The van der Waals surface area contributed by atoms with Crippen LogP contribution in [0.3, 0.4) is 0 Å². The number of carbonyl (C=O) groups is 1. The van der Waals surface area contributed by atoms with Gasteiger partial charge in [0.2, 0.25) is 0 Å². The first-order valence-corrected chi connectivity index (χ1v) is 4.94. The van der Waals surface area contributed by atoms with Crippen molar-refractivity contribution in [1.29, 1.82) is 0 Å². The molecule has 2 nitrogen and oxygen atoms in total. The van der Waals surface area contributed by atoms with E-state index in [2.05, 4.69) is 18.1 Å². The Labute approximate surface area is 85.6 Å². The van der Waals surface area contributed by atoms with E-state index in [4.69, 9.17) is 0 Å². The maximum absolute atomic E-state index is 11.2. The van der Waals surface area contributed by atoms with Gasteiger partial charge in [0.15, 0.2) is 0 Å². The molecule has 0 atom stereocenters. The van der Waals surface area contributed by atoms with Crippen molar-refractivity contribution in [2.24, 2.45) is 0 Å². The van der Waals surface area contributed by atoms with Crippen LogP contribution in [0.5, 0.6) is 0 Å². The van der Waals surface area contributed by atoms with Crippen LogP contribution in [0.25, 0.3) is 0 Å². The van der Waals surface area contributed by atoms with Gasteiger partial charge < -0.3 is 0 Å². The number of allylic oxidation sites excluding steroid dienone is 2. The summed E-state index contributed by atoms with van der Waals surface area (Å²) in [6.07, 6.45) is 7.23. The molecule has 0 aromatic heterocycles. The van der Waals surface area contributed by atoms with Crippen molar-refractivity contribution in [2.75, 3.05) is 19.6 Å². The molecule has 0 saturated carbocycles. The first-order chi connectivity index (χ1) is 6.76. The van der Waals surface area contributed by atoms with E-state index in [9.17, 15) is 4.79 Å². The maximum atomic E-state index is 11.2. The van der Waals surface area contributed by atoms with E-state index >= 15 is 0 Å². The van der Waals surface area contributed by atoms with Gasteiger partial charge in [-0.25, -0.2) is 0 Å². The molecule has 1 aliphatic heterocycles. The fraction of sp³-hybridized carbons (Fsp3) is 0.417. The quantitative estimate of drug-likeness (QED) is 0.633. The number of ketones is 1. The summed E-state index contributed by atoms with van der Waals surface area (Å²) in [5.41, 5.74) is 1.12. The van der Waals surface area contributed by atoms with Crippen molar-refractivity contribution >= 4 is 5.78 Å². The summed E-state index contributed by atoms with van der Waals surface area (Å²) < 4.78 is 0. The Morgan fingerprint density at radius 2 is 2.29 bits per heavy atom. The molecule has 0 spiro atoms. The topological polar surface area (TPSA) is 20.3 Å². The zero-order valence-electron chi connectivity index (χ0n) is 8.54. The third-order valence-electron chi connectivity index (χ3n) is 2.33. The molecular formula is C12H17NO. The minimum Gasteiger partial charge on any atom is -0.298 e. The van der Waals surface area contributed by atoms with Gasteiger partial charge in [-0.3, -0.25) is 9.69 Å². The SMILES string of the molecule is C=C/C=C(\C=C)CN1CCCC(=O)C1. The second-order valence-electron chi connectivity index (χ2n) is 3.53. The summed E-state index contributed by atoms with van der Waals surface area (Å²) in [5.74, 6) is 0.346. The second-order valence-corrected chi connectivity index (χ2v) is 3.53. The average Bonchev–Trinajstić information content (AvgIpc) is 2.17. The summed E-state index contributed by atoms with van der Waals surface area (Å²) in [7, 11) is 0. The monoisotopic (exact) mass is 191 g/mol. The number of Topliss-reactive ketones (excluding diaryl/α,β-unsaturated/α-hetero) is 1. The summed E-state index contributed by atoms with van der Waals surface area (Å²) in [5, 5.41) is 0. The van der Waals surface area contributed by atoms with Gasteiger partial charge in [-0.2, -0.15) is 0 Å². The smallest absolute Gasteiger partial charge is 0.146 e. The van der Waals surface area contributed by atoms with Crippen LogP contribution < -0.4 is 0 Å². The zero-order valence-corrected chi connectivity index (χ0v) is 8.54. The molecule has 1 aliphatic rings. The Morgan fingerprint density at radius 1 is 1.50 bits per heavy atom. The minimum absolute atomic E-state index is 0.346. The predicted molar refractivity (Wildman–Crippen MR) is 59.2 cm³/mol. The lowest BCUT2D eigenvalue weighted by atomic mass is 10.1. The molecule has 0 bridgehead atoms. The Kier molecular flexibility index (Phi) is 4.33. The van der Waals surface area contributed by atoms with E-state index in [1.165, 1.54) is 0 Å². The van der Waals surface area contributed by atoms with E-state index in [-0.39, 0.29) is 0 Å². The molecule has 1 rings (SSSR count). The molecule has 0 aromatic rings. The molecular weight excluding hydrogens is 174 g/mol. The van der Waals surface area contributed by atoms with Gasteiger partial charge >= 0.3 is 0 Å². The zero-order chi connectivity index (χ0) is 10.4. The molecule has 2 heteroatoms. The molecule has 1 fully saturated rings. The normalized spacial score (nSPS) is 19.4. The lowest BCUT2D eigenvalue weighted by molar-refractivity contribution is -0.121. The predicted octanol–water partition coefficient (Wildman–Crippen LogP) is 1.95. The molecule has 76 valence electrons. The Hall–Kier alpha value is -1.15. The number of nitrogens with zero attached hydrogens (tertiary/aromatic N) is 1. The summed E-state index contributed by atoms with van der Waals surface area (Å²) in [4.78, 5) is 13.3. The van der Waals surface area contributed by atoms with Crippen molar-refractivity contribution in [3.8, 4) is 0 Å². The van der Waals surface area contributed by atoms with Crippen LogP contribution in [-0.2, 0) is 4.79 Å². The van der Waals surface area contributed by atoms with Crippen LogP contribution in [0, 0.1) is 0 Å². The third-order valence-corrected chi connectivity index (χ3v) is 2.33. The van der Waals surface area contributed by atoms with E-state index in [1.54, 1.807) is 6.08 Å². The summed E-state index contributed by atoms with van der Waals surface area (Å²) in [6.45, 7) is 9.78. The first-order valence-electron chi connectivity index (χ1n) is 4.94.